The van der Waals surface area contributed by atoms with Crippen LogP contribution in [0.25, 0.3) is 0 Å². The van der Waals surface area contributed by atoms with Crippen LogP contribution in [0.5, 0.6) is 0 Å². The summed E-state index contributed by atoms with van der Waals surface area (Å²) < 4.78 is 0. The number of rotatable bonds is 2. The van der Waals surface area contributed by atoms with Gasteiger partial charge in [-0.25, -0.2) is 0 Å². The van der Waals surface area contributed by atoms with Crippen molar-refractivity contribution in [2.24, 2.45) is 5.73 Å². The van der Waals surface area contributed by atoms with Crippen molar-refractivity contribution < 1.29 is 0 Å². The quantitative estimate of drug-likeness (QED) is 0.910. The molecule has 2 aliphatic rings. The van der Waals surface area contributed by atoms with Gasteiger partial charge in [-0.1, -0.05) is 24.1 Å². The lowest BCUT2D eigenvalue weighted by molar-refractivity contribution is 0.0955. The first-order valence-electron chi connectivity index (χ1n) is 7.64. The third kappa shape index (κ3) is 2.60. The van der Waals surface area contributed by atoms with Crippen molar-refractivity contribution in [3.63, 3.8) is 0 Å². The molecule has 0 amide bonds. The molecule has 3 rings (SSSR count). The maximum atomic E-state index is 6.21. The summed E-state index contributed by atoms with van der Waals surface area (Å²) in [7, 11) is 2.18. The van der Waals surface area contributed by atoms with Crippen LogP contribution >= 0.6 is 11.6 Å². The number of likely N-dealkylation sites (tertiary alicyclic amines) is 1. The summed E-state index contributed by atoms with van der Waals surface area (Å²) in [6, 6.07) is 7.14. The molecule has 1 saturated heterocycles. The van der Waals surface area contributed by atoms with Crippen molar-refractivity contribution in [3.05, 3.63) is 34.3 Å². The highest BCUT2D eigenvalue weighted by Crippen LogP contribution is 2.38. The summed E-state index contributed by atoms with van der Waals surface area (Å²) in [5.74, 6) is 0. The molecule has 0 aliphatic carbocycles. The molecule has 2 atom stereocenters. The number of hydrogen-bond donors (Lipinski definition) is 1. The van der Waals surface area contributed by atoms with Gasteiger partial charge in [-0.15, -0.1) is 0 Å². The molecule has 2 unspecified atom stereocenters. The van der Waals surface area contributed by atoms with Crippen molar-refractivity contribution in [1.82, 2.24) is 9.80 Å². The second kappa shape index (κ2) is 6.02. The predicted octanol–water partition coefficient (Wildman–Crippen LogP) is 2.81. The monoisotopic (exact) mass is 293 g/mol. The standard InChI is InChI=1S/C16H24ClN3/c1-19-11-16(20-7-3-2-4-8-20)13-6-5-12(17)9-14(13)15(19)10-18/h5-6,9,15-16H,2-4,7-8,10-11,18H2,1H3. The van der Waals surface area contributed by atoms with Crippen LogP contribution in [0.15, 0.2) is 18.2 Å². The Bertz CT molecular complexity index is 471. The van der Waals surface area contributed by atoms with E-state index in [0.29, 0.717) is 18.6 Å². The zero-order valence-electron chi connectivity index (χ0n) is 12.2. The van der Waals surface area contributed by atoms with Gasteiger partial charge in [0.1, 0.15) is 0 Å². The summed E-state index contributed by atoms with van der Waals surface area (Å²) in [4.78, 5) is 5.03. The van der Waals surface area contributed by atoms with E-state index in [1.165, 1.54) is 43.5 Å². The minimum Gasteiger partial charge on any atom is -0.329 e. The van der Waals surface area contributed by atoms with Gasteiger partial charge in [0.05, 0.1) is 0 Å². The van der Waals surface area contributed by atoms with E-state index in [-0.39, 0.29) is 0 Å². The molecule has 0 bridgehead atoms. The van der Waals surface area contributed by atoms with Crippen LogP contribution in [0.3, 0.4) is 0 Å². The van der Waals surface area contributed by atoms with Crippen LogP contribution in [0.1, 0.15) is 42.5 Å². The Morgan fingerprint density at radius 3 is 2.65 bits per heavy atom. The molecule has 4 heteroatoms. The fourth-order valence-corrected chi connectivity index (χ4v) is 3.90. The number of halogens is 1. The van der Waals surface area contributed by atoms with Crippen LogP contribution in [-0.2, 0) is 0 Å². The maximum Gasteiger partial charge on any atom is 0.0478 e. The molecule has 0 saturated carbocycles. The van der Waals surface area contributed by atoms with Crippen LogP contribution in [0.4, 0.5) is 0 Å². The van der Waals surface area contributed by atoms with E-state index >= 15 is 0 Å². The number of benzene rings is 1. The molecule has 0 aromatic heterocycles. The van der Waals surface area contributed by atoms with Gasteiger partial charge < -0.3 is 5.73 Å². The average Bonchev–Trinajstić information content (AvgIpc) is 2.47. The number of piperidine rings is 1. The summed E-state index contributed by atoms with van der Waals surface area (Å²) in [5, 5.41) is 0.815. The lowest BCUT2D eigenvalue weighted by Gasteiger charge is -2.44. The number of likely N-dealkylation sites (N-methyl/N-ethyl adjacent to an activating group) is 1. The Kier molecular flexibility index (Phi) is 4.32. The molecule has 3 nitrogen and oxygen atoms in total. The van der Waals surface area contributed by atoms with E-state index in [0.717, 1.165) is 11.6 Å². The molecule has 20 heavy (non-hydrogen) atoms. The van der Waals surface area contributed by atoms with Crippen LogP contribution < -0.4 is 5.73 Å². The maximum absolute atomic E-state index is 6.21. The first kappa shape index (κ1) is 14.3. The Hall–Kier alpha value is -0.610. The van der Waals surface area contributed by atoms with E-state index in [2.05, 4.69) is 29.0 Å². The van der Waals surface area contributed by atoms with Crippen molar-refractivity contribution in [3.8, 4) is 0 Å². The van der Waals surface area contributed by atoms with Gasteiger partial charge in [0, 0.05) is 30.2 Å². The molecule has 2 heterocycles. The number of nitrogens with zero attached hydrogens (tertiary/aromatic N) is 2. The van der Waals surface area contributed by atoms with Crippen molar-refractivity contribution in [2.75, 3.05) is 33.2 Å². The molecular formula is C16H24ClN3. The summed E-state index contributed by atoms with van der Waals surface area (Å²) in [6.07, 6.45) is 4.02. The van der Waals surface area contributed by atoms with E-state index in [9.17, 15) is 0 Å². The van der Waals surface area contributed by atoms with E-state index in [1.54, 1.807) is 0 Å². The van der Waals surface area contributed by atoms with Crippen LogP contribution in [0, 0.1) is 0 Å². The fourth-order valence-electron chi connectivity index (χ4n) is 3.72. The zero-order valence-corrected chi connectivity index (χ0v) is 12.9. The highest BCUT2D eigenvalue weighted by atomic mass is 35.5. The van der Waals surface area contributed by atoms with Gasteiger partial charge in [-0.3, -0.25) is 9.80 Å². The van der Waals surface area contributed by atoms with Gasteiger partial charge in [-0.2, -0.15) is 0 Å². The van der Waals surface area contributed by atoms with E-state index in [4.69, 9.17) is 17.3 Å². The van der Waals surface area contributed by atoms with Gasteiger partial charge in [0.25, 0.3) is 0 Å². The summed E-state index contributed by atoms with van der Waals surface area (Å²) in [5.41, 5.74) is 8.74. The first-order valence-corrected chi connectivity index (χ1v) is 8.02. The summed E-state index contributed by atoms with van der Waals surface area (Å²) >= 11 is 6.21. The SMILES string of the molecule is CN1CC(N2CCCCC2)c2ccc(Cl)cc2C1CN. The first-order chi connectivity index (χ1) is 9.70. The Morgan fingerprint density at radius 1 is 1.20 bits per heavy atom. The fraction of sp³-hybridized carbons (Fsp3) is 0.625. The van der Waals surface area contributed by atoms with Crippen molar-refractivity contribution in [2.45, 2.75) is 31.3 Å². The second-order valence-electron chi connectivity index (χ2n) is 6.08. The van der Waals surface area contributed by atoms with Crippen molar-refractivity contribution >= 4 is 11.6 Å². The Balaban J connectivity index is 1.97. The molecule has 1 fully saturated rings. The predicted molar refractivity (Wildman–Crippen MR) is 84.0 cm³/mol. The average molecular weight is 294 g/mol. The summed E-state index contributed by atoms with van der Waals surface area (Å²) in [6.45, 7) is 4.15. The minimum absolute atomic E-state index is 0.296. The topological polar surface area (TPSA) is 32.5 Å². The number of hydrogen-bond acceptors (Lipinski definition) is 3. The highest BCUT2D eigenvalue weighted by Gasteiger charge is 2.33. The van der Waals surface area contributed by atoms with Gasteiger partial charge in [0.15, 0.2) is 0 Å². The molecule has 110 valence electrons. The van der Waals surface area contributed by atoms with Crippen molar-refractivity contribution in [1.29, 1.82) is 0 Å². The molecule has 1 aromatic rings. The number of fused-ring (bicyclic) bond motifs is 1. The van der Waals surface area contributed by atoms with Gasteiger partial charge in [-0.05, 0) is 56.2 Å². The molecule has 2 aliphatic heterocycles. The third-order valence-corrected chi connectivity index (χ3v) is 5.05. The molecule has 2 N–H and O–H groups in total. The van der Waals surface area contributed by atoms with Gasteiger partial charge >= 0.3 is 0 Å². The molecule has 1 aromatic carbocycles. The molecular weight excluding hydrogens is 270 g/mol. The minimum atomic E-state index is 0.296. The van der Waals surface area contributed by atoms with E-state index < -0.39 is 0 Å². The smallest absolute Gasteiger partial charge is 0.0478 e. The van der Waals surface area contributed by atoms with Crippen LogP contribution in [0.2, 0.25) is 5.02 Å². The van der Waals surface area contributed by atoms with E-state index in [1.807, 2.05) is 6.07 Å². The lowest BCUT2D eigenvalue weighted by atomic mass is 9.88. The number of nitrogens with two attached hydrogens (primary N) is 1. The Morgan fingerprint density at radius 2 is 1.95 bits per heavy atom. The highest BCUT2D eigenvalue weighted by molar-refractivity contribution is 6.30. The lowest BCUT2D eigenvalue weighted by Crippen LogP contribution is -2.46. The third-order valence-electron chi connectivity index (χ3n) is 4.81. The molecule has 0 spiro atoms. The van der Waals surface area contributed by atoms with Gasteiger partial charge in [0.2, 0.25) is 0 Å². The largest absolute Gasteiger partial charge is 0.329 e. The second-order valence-corrected chi connectivity index (χ2v) is 6.51. The Labute approximate surface area is 126 Å². The zero-order chi connectivity index (χ0) is 14.1. The normalized spacial score (nSPS) is 28.4. The van der Waals surface area contributed by atoms with Crippen LogP contribution in [-0.4, -0.2) is 43.0 Å². The molecule has 0 radical (unpaired) electrons.